The lowest BCUT2D eigenvalue weighted by Gasteiger charge is -2.33. The number of nitrogens with zero attached hydrogens (tertiary/aromatic N) is 1. The second kappa shape index (κ2) is 4.69. The number of carbonyl (C=O) groups excluding carboxylic acids is 2. The third-order valence-electron chi connectivity index (χ3n) is 3.43. The average molecular weight is 237 g/mol. The van der Waals surface area contributed by atoms with Crippen LogP contribution in [0.15, 0.2) is 12.2 Å². The van der Waals surface area contributed by atoms with Crippen LogP contribution in [0.3, 0.4) is 0 Å². The third kappa shape index (κ3) is 2.54. The first-order valence-corrected chi connectivity index (χ1v) is 5.85. The molecule has 2 aliphatic rings. The van der Waals surface area contributed by atoms with Crippen molar-refractivity contribution in [2.75, 3.05) is 0 Å². The molecule has 2 unspecified atom stereocenters. The smallest absolute Gasteiger partial charge is 0.303 e. The fourth-order valence-corrected chi connectivity index (χ4v) is 2.70. The zero-order chi connectivity index (χ0) is 12.4. The standard InChI is InChI=1S/C12H15NO4/c14-10-4-5-11(15)13(10)9-3-1-2-8(6-9)7-12(16)17/h4-5,8-9H,1-3,6-7H2,(H,16,17). The van der Waals surface area contributed by atoms with Gasteiger partial charge in [0.1, 0.15) is 0 Å². The Labute approximate surface area is 99.1 Å². The van der Waals surface area contributed by atoms with Gasteiger partial charge in [0.05, 0.1) is 0 Å². The van der Waals surface area contributed by atoms with Crippen LogP contribution in [0.5, 0.6) is 0 Å². The number of hydrogen-bond donors (Lipinski definition) is 1. The second-order valence-electron chi connectivity index (χ2n) is 4.66. The van der Waals surface area contributed by atoms with Crippen molar-refractivity contribution in [3.8, 4) is 0 Å². The van der Waals surface area contributed by atoms with Crippen LogP contribution in [0.4, 0.5) is 0 Å². The molecule has 92 valence electrons. The Morgan fingerprint density at radius 1 is 1.29 bits per heavy atom. The molecule has 0 spiro atoms. The quantitative estimate of drug-likeness (QED) is 0.741. The van der Waals surface area contributed by atoms with Crippen molar-refractivity contribution in [2.24, 2.45) is 5.92 Å². The number of amides is 2. The van der Waals surface area contributed by atoms with E-state index in [0.717, 1.165) is 19.3 Å². The van der Waals surface area contributed by atoms with Crippen molar-refractivity contribution in [3.63, 3.8) is 0 Å². The van der Waals surface area contributed by atoms with Gasteiger partial charge < -0.3 is 5.11 Å². The van der Waals surface area contributed by atoms with Gasteiger partial charge in [-0.3, -0.25) is 19.3 Å². The van der Waals surface area contributed by atoms with E-state index >= 15 is 0 Å². The van der Waals surface area contributed by atoms with Gasteiger partial charge in [-0.15, -0.1) is 0 Å². The Morgan fingerprint density at radius 3 is 2.53 bits per heavy atom. The normalized spacial score (nSPS) is 28.8. The Kier molecular flexibility index (Phi) is 3.26. The Hall–Kier alpha value is -1.65. The van der Waals surface area contributed by atoms with Crippen molar-refractivity contribution in [2.45, 2.75) is 38.1 Å². The molecule has 0 aromatic heterocycles. The van der Waals surface area contributed by atoms with Crippen molar-refractivity contribution in [3.05, 3.63) is 12.2 Å². The minimum atomic E-state index is -0.812. The summed E-state index contributed by atoms with van der Waals surface area (Å²) in [5, 5.41) is 8.76. The van der Waals surface area contributed by atoms with Gasteiger partial charge in [0.25, 0.3) is 11.8 Å². The highest BCUT2D eigenvalue weighted by Gasteiger charge is 2.34. The predicted molar refractivity (Wildman–Crippen MR) is 59.0 cm³/mol. The molecule has 0 radical (unpaired) electrons. The maximum Gasteiger partial charge on any atom is 0.303 e. The Bertz CT molecular complexity index is 370. The SMILES string of the molecule is O=C(O)CC1CCCC(N2C(=O)C=CC2=O)C1. The van der Waals surface area contributed by atoms with E-state index in [1.54, 1.807) is 0 Å². The molecule has 2 rings (SSSR count). The molecule has 0 saturated heterocycles. The number of carboxylic acid groups (broad SMARTS) is 1. The van der Waals surface area contributed by atoms with Crippen LogP contribution in [0.1, 0.15) is 32.1 Å². The molecule has 0 aromatic rings. The molecule has 1 N–H and O–H groups in total. The number of carboxylic acids is 1. The molecule has 5 nitrogen and oxygen atoms in total. The molecular formula is C12H15NO4. The summed E-state index contributed by atoms with van der Waals surface area (Å²) in [5.41, 5.74) is 0. The van der Waals surface area contributed by atoms with E-state index in [0.29, 0.717) is 6.42 Å². The summed E-state index contributed by atoms with van der Waals surface area (Å²) in [6.45, 7) is 0. The summed E-state index contributed by atoms with van der Waals surface area (Å²) in [7, 11) is 0. The number of rotatable bonds is 3. The van der Waals surface area contributed by atoms with Crippen LogP contribution in [-0.2, 0) is 14.4 Å². The molecule has 1 aliphatic heterocycles. The molecule has 17 heavy (non-hydrogen) atoms. The van der Waals surface area contributed by atoms with Crippen molar-refractivity contribution in [1.82, 2.24) is 4.90 Å². The van der Waals surface area contributed by atoms with E-state index < -0.39 is 5.97 Å². The second-order valence-corrected chi connectivity index (χ2v) is 4.66. The van der Waals surface area contributed by atoms with Gasteiger partial charge in [0.2, 0.25) is 0 Å². The Morgan fingerprint density at radius 2 is 1.94 bits per heavy atom. The van der Waals surface area contributed by atoms with E-state index in [2.05, 4.69) is 0 Å². The van der Waals surface area contributed by atoms with E-state index in [9.17, 15) is 14.4 Å². The van der Waals surface area contributed by atoms with Crippen LogP contribution >= 0.6 is 0 Å². The highest BCUT2D eigenvalue weighted by atomic mass is 16.4. The summed E-state index contributed by atoms with van der Waals surface area (Å²) >= 11 is 0. The van der Waals surface area contributed by atoms with Gasteiger partial charge in [-0.1, -0.05) is 6.42 Å². The van der Waals surface area contributed by atoms with Crippen molar-refractivity contribution in [1.29, 1.82) is 0 Å². The van der Waals surface area contributed by atoms with Gasteiger partial charge in [-0.25, -0.2) is 0 Å². The van der Waals surface area contributed by atoms with Crippen LogP contribution < -0.4 is 0 Å². The molecule has 2 atom stereocenters. The predicted octanol–water partition coefficient (Wildman–Crippen LogP) is 0.945. The molecule has 1 fully saturated rings. The van der Waals surface area contributed by atoms with Crippen molar-refractivity contribution >= 4 is 17.8 Å². The number of aliphatic carboxylic acids is 1. The lowest BCUT2D eigenvalue weighted by Crippen LogP contribution is -2.42. The molecule has 1 aliphatic carbocycles. The summed E-state index contributed by atoms with van der Waals surface area (Å²) in [6, 6.07) is -0.122. The summed E-state index contributed by atoms with van der Waals surface area (Å²) < 4.78 is 0. The van der Waals surface area contributed by atoms with Crippen LogP contribution in [0, 0.1) is 5.92 Å². The first kappa shape index (κ1) is 11.8. The molecule has 5 heteroatoms. The molecule has 1 heterocycles. The third-order valence-corrected chi connectivity index (χ3v) is 3.43. The zero-order valence-electron chi connectivity index (χ0n) is 9.46. The van der Waals surface area contributed by atoms with E-state index in [1.165, 1.54) is 17.1 Å². The van der Waals surface area contributed by atoms with Gasteiger partial charge in [0.15, 0.2) is 0 Å². The molecule has 2 amide bonds. The average Bonchev–Trinajstić information content (AvgIpc) is 2.58. The minimum absolute atomic E-state index is 0.0763. The first-order valence-electron chi connectivity index (χ1n) is 5.85. The lowest BCUT2D eigenvalue weighted by molar-refractivity contribution is -0.140. The molecule has 1 saturated carbocycles. The van der Waals surface area contributed by atoms with Gasteiger partial charge in [-0.2, -0.15) is 0 Å². The number of hydrogen-bond acceptors (Lipinski definition) is 3. The zero-order valence-corrected chi connectivity index (χ0v) is 9.46. The summed E-state index contributed by atoms with van der Waals surface area (Å²) in [6.07, 6.45) is 5.83. The summed E-state index contributed by atoms with van der Waals surface area (Å²) in [4.78, 5) is 35.0. The summed E-state index contributed by atoms with van der Waals surface area (Å²) in [5.74, 6) is -1.27. The largest absolute Gasteiger partial charge is 0.481 e. The van der Waals surface area contributed by atoms with Crippen LogP contribution in [-0.4, -0.2) is 33.8 Å². The fraction of sp³-hybridized carbons (Fsp3) is 0.583. The molecular weight excluding hydrogens is 222 g/mol. The highest BCUT2D eigenvalue weighted by Crippen LogP contribution is 2.31. The van der Waals surface area contributed by atoms with E-state index in [-0.39, 0.29) is 30.2 Å². The van der Waals surface area contributed by atoms with Crippen LogP contribution in [0.25, 0.3) is 0 Å². The topological polar surface area (TPSA) is 74.7 Å². The maximum absolute atomic E-state index is 11.5. The molecule has 0 bridgehead atoms. The lowest BCUT2D eigenvalue weighted by atomic mass is 9.83. The first-order chi connectivity index (χ1) is 8.08. The fourth-order valence-electron chi connectivity index (χ4n) is 2.70. The minimum Gasteiger partial charge on any atom is -0.481 e. The van der Waals surface area contributed by atoms with Gasteiger partial charge in [-0.05, 0) is 25.2 Å². The van der Waals surface area contributed by atoms with E-state index in [1.807, 2.05) is 0 Å². The van der Waals surface area contributed by atoms with Crippen molar-refractivity contribution < 1.29 is 19.5 Å². The Balaban J connectivity index is 2.00. The molecule has 0 aromatic carbocycles. The van der Waals surface area contributed by atoms with Gasteiger partial charge >= 0.3 is 5.97 Å². The highest BCUT2D eigenvalue weighted by molar-refractivity contribution is 6.13. The monoisotopic (exact) mass is 237 g/mol. The van der Waals surface area contributed by atoms with Gasteiger partial charge in [0, 0.05) is 24.6 Å². The number of imide groups is 1. The maximum atomic E-state index is 11.5. The number of carbonyl (C=O) groups is 3. The van der Waals surface area contributed by atoms with E-state index in [4.69, 9.17) is 5.11 Å². The van der Waals surface area contributed by atoms with Crippen LogP contribution in [0.2, 0.25) is 0 Å².